The van der Waals surface area contributed by atoms with Crippen LogP contribution in [0.25, 0.3) is 0 Å². The highest BCUT2D eigenvalue weighted by Gasteiger charge is 2.49. The largest absolute Gasteiger partial charge is 0.508 e. The predicted molar refractivity (Wildman–Crippen MR) is 105 cm³/mol. The molecule has 0 unspecified atom stereocenters. The number of ether oxygens (including phenoxy) is 1. The number of methoxy groups -OCH3 is 1. The zero-order valence-corrected chi connectivity index (χ0v) is 15.9. The van der Waals surface area contributed by atoms with Crippen LogP contribution in [-0.4, -0.2) is 23.1 Å². The van der Waals surface area contributed by atoms with Gasteiger partial charge in [-0.15, -0.1) is 11.3 Å². The van der Waals surface area contributed by atoms with Crippen molar-refractivity contribution < 1.29 is 14.6 Å². The maximum atomic E-state index is 13.3. The van der Waals surface area contributed by atoms with Crippen LogP contribution in [0.4, 0.5) is 5.13 Å². The standard InChI is InChI=1S/C21H20N2O3S/c1-21(19(25)23-20-22-8-9-27-20)12-14-6-7-16(26-2)11-17(14)18(21)13-4-3-5-15(24)10-13/h3-11,18,24H,12H2,1-2H3,(H,22,23,25)/t18-,21+/m0/s1. The van der Waals surface area contributed by atoms with Crippen molar-refractivity contribution in [1.82, 2.24) is 4.98 Å². The van der Waals surface area contributed by atoms with E-state index in [1.807, 2.05) is 42.6 Å². The van der Waals surface area contributed by atoms with Gasteiger partial charge < -0.3 is 15.2 Å². The Kier molecular flexibility index (Phi) is 4.36. The molecule has 5 nitrogen and oxygen atoms in total. The Balaban J connectivity index is 1.81. The van der Waals surface area contributed by atoms with E-state index in [1.165, 1.54) is 11.3 Å². The summed E-state index contributed by atoms with van der Waals surface area (Å²) in [5.74, 6) is 0.658. The van der Waals surface area contributed by atoms with Crippen LogP contribution >= 0.6 is 11.3 Å². The van der Waals surface area contributed by atoms with E-state index < -0.39 is 5.41 Å². The SMILES string of the molecule is COc1ccc2c(c1)[C@H](c1cccc(O)c1)[C@](C)(C(=O)Nc1nccs1)C2. The van der Waals surface area contributed by atoms with Gasteiger partial charge in [0, 0.05) is 17.5 Å². The lowest BCUT2D eigenvalue weighted by Crippen LogP contribution is -2.37. The second kappa shape index (κ2) is 6.70. The van der Waals surface area contributed by atoms with Crippen LogP contribution in [0, 0.1) is 5.41 Å². The van der Waals surface area contributed by atoms with Crippen LogP contribution in [0.1, 0.15) is 29.5 Å². The number of aromatic nitrogens is 1. The summed E-state index contributed by atoms with van der Waals surface area (Å²) in [5.41, 5.74) is 2.35. The first-order valence-corrected chi connectivity index (χ1v) is 9.56. The molecular weight excluding hydrogens is 360 g/mol. The molecule has 0 fully saturated rings. The van der Waals surface area contributed by atoms with Crippen LogP contribution in [0.3, 0.4) is 0 Å². The molecule has 4 rings (SSSR count). The number of thiazole rings is 1. The lowest BCUT2D eigenvalue weighted by atomic mass is 9.73. The van der Waals surface area contributed by atoms with Gasteiger partial charge in [-0.05, 0) is 54.3 Å². The summed E-state index contributed by atoms with van der Waals surface area (Å²) in [5, 5.41) is 15.4. The molecule has 0 bridgehead atoms. The molecule has 0 aliphatic heterocycles. The van der Waals surface area contributed by atoms with Gasteiger partial charge >= 0.3 is 0 Å². The van der Waals surface area contributed by atoms with E-state index in [9.17, 15) is 9.90 Å². The molecule has 1 aliphatic carbocycles. The summed E-state index contributed by atoms with van der Waals surface area (Å²) in [6.45, 7) is 1.97. The maximum Gasteiger partial charge on any atom is 0.233 e. The summed E-state index contributed by atoms with van der Waals surface area (Å²) in [6, 6.07) is 13.1. The molecule has 1 amide bonds. The molecule has 2 aromatic carbocycles. The van der Waals surface area contributed by atoms with E-state index in [4.69, 9.17) is 4.74 Å². The molecule has 0 saturated heterocycles. The van der Waals surface area contributed by atoms with Crippen molar-refractivity contribution in [2.24, 2.45) is 5.41 Å². The van der Waals surface area contributed by atoms with Gasteiger partial charge in [0.15, 0.2) is 5.13 Å². The number of aromatic hydroxyl groups is 1. The van der Waals surface area contributed by atoms with Gasteiger partial charge in [-0.1, -0.05) is 18.2 Å². The van der Waals surface area contributed by atoms with Gasteiger partial charge in [-0.2, -0.15) is 0 Å². The van der Waals surface area contributed by atoms with Gasteiger partial charge in [0.05, 0.1) is 12.5 Å². The number of carbonyl (C=O) groups is 1. The van der Waals surface area contributed by atoms with E-state index in [0.29, 0.717) is 11.6 Å². The number of benzene rings is 2. The van der Waals surface area contributed by atoms with Crippen molar-refractivity contribution >= 4 is 22.4 Å². The Labute approximate surface area is 161 Å². The number of phenolic OH excluding ortho intramolecular Hbond substituents is 1. The number of anilines is 1. The van der Waals surface area contributed by atoms with Gasteiger partial charge in [0.2, 0.25) is 5.91 Å². The molecule has 2 N–H and O–H groups in total. The maximum absolute atomic E-state index is 13.3. The number of hydrogen-bond donors (Lipinski definition) is 2. The van der Waals surface area contributed by atoms with Gasteiger partial charge in [0.1, 0.15) is 11.5 Å². The van der Waals surface area contributed by atoms with Crippen LogP contribution in [-0.2, 0) is 11.2 Å². The van der Waals surface area contributed by atoms with E-state index in [-0.39, 0.29) is 17.6 Å². The first kappa shape index (κ1) is 17.5. The molecule has 1 heterocycles. The summed E-state index contributed by atoms with van der Waals surface area (Å²) >= 11 is 1.40. The number of nitrogens with one attached hydrogen (secondary N) is 1. The predicted octanol–water partition coefficient (Wildman–Crippen LogP) is 4.19. The quantitative estimate of drug-likeness (QED) is 0.712. The third-order valence-electron chi connectivity index (χ3n) is 5.23. The molecule has 2 atom stereocenters. The zero-order chi connectivity index (χ0) is 19.0. The molecule has 3 aromatic rings. The Bertz CT molecular complexity index is 987. The fraction of sp³-hybridized carbons (Fsp3) is 0.238. The smallest absolute Gasteiger partial charge is 0.233 e. The molecule has 27 heavy (non-hydrogen) atoms. The van der Waals surface area contributed by atoms with Crippen molar-refractivity contribution in [3.05, 3.63) is 70.7 Å². The fourth-order valence-electron chi connectivity index (χ4n) is 3.96. The minimum atomic E-state index is -0.714. The number of phenols is 1. The molecule has 1 aromatic heterocycles. The average Bonchev–Trinajstić information content (AvgIpc) is 3.26. The lowest BCUT2D eigenvalue weighted by Gasteiger charge is -2.31. The average molecular weight is 380 g/mol. The number of rotatable bonds is 4. The van der Waals surface area contributed by atoms with E-state index in [2.05, 4.69) is 10.3 Å². The van der Waals surface area contributed by atoms with E-state index in [1.54, 1.807) is 25.4 Å². The lowest BCUT2D eigenvalue weighted by molar-refractivity contribution is -0.125. The normalized spacial score (nSPS) is 20.9. The number of fused-ring (bicyclic) bond motifs is 1. The second-order valence-electron chi connectivity index (χ2n) is 6.98. The van der Waals surface area contributed by atoms with Crippen molar-refractivity contribution in [1.29, 1.82) is 0 Å². The molecule has 0 spiro atoms. The summed E-state index contributed by atoms with van der Waals surface area (Å²) < 4.78 is 5.40. The highest BCUT2D eigenvalue weighted by Crippen LogP contribution is 2.52. The van der Waals surface area contributed by atoms with Crippen LogP contribution in [0.5, 0.6) is 11.5 Å². The highest BCUT2D eigenvalue weighted by molar-refractivity contribution is 7.13. The number of carbonyl (C=O) groups excluding carboxylic acids is 1. The number of amides is 1. The van der Waals surface area contributed by atoms with E-state index >= 15 is 0 Å². The minimum Gasteiger partial charge on any atom is -0.508 e. The van der Waals surface area contributed by atoms with Gasteiger partial charge in [-0.25, -0.2) is 4.98 Å². The van der Waals surface area contributed by atoms with Crippen molar-refractivity contribution in [3.63, 3.8) is 0 Å². The Morgan fingerprint density at radius 3 is 2.89 bits per heavy atom. The second-order valence-corrected chi connectivity index (χ2v) is 7.87. The molecule has 0 radical (unpaired) electrons. The molecule has 0 saturated carbocycles. The van der Waals surface area contributed by atoms with Crippen LogP contribution in [0.15, 0.2) is 54.0 Å². The number of hydrogen-bond acceptors (Lipinski definition) is 5. The topological polar surface area (TPSA) is 71.5 Å². The molecule has 1 aliphatic rings. The Morgan fingerprint density at radius 2 is 2.19 bits per heavy atom. The molecular formula is C21H20N2O3S. The van der Waals surface area contributed by atoms with Gasteiger partial charge in [0.25, 0.3) is 0 Å². The highest BCUT2D eigenvalue weighted by atomic mass is 32.1. The van der Waals surface area contributed by atoms with Gasteiger partial charge in [-0.3, -0.25) is 4.79 Å². The summed E-state index contributed by atoms with van der Waals surface area (Å²) in [6.07, 6.45) is 2.27. The van der Waals surface area contributed by atoms with Crippen molar-refractivity contribution in [2.45, 2.75) is 19.3 Å². The van der Waals surface area contributed by atoms with Crippen molar-refractivity contribution in [3.8, 4) is 11.5 Å². The summed E-state index contributed by atoms with van der Waals surface area (Å²) in [7, 11) is 1.63. The third-order valence-corrected chi connectivity index (χ3v) is 5.92. The van der Waals surface area contributed by atoms with Crippen molar-refractivity contribution in [2.75, 3.05) is 12.4 Å². The fourth-order valence-corrected chi connectivity index (χ4v) is 4.48. The Hall–Kier alpha value is -2.86. The third kappa shape index (κ3) is 3.06. The van der Waals surface area contributed by atoms with E-state index in [0.717, 1.165) is 22.4 Å². The van der Waals surface area contributed by atoms with Crippen LogP contribution < -0.4 is 10.1 Å². The molecule has 6 heteroatoms. The minimum absolute atomic E-state index is 0.0824. The first-order chi connectivity index (χ1) is 13.0. The van der Waals surface area contributed by atoms with Crippen LogP contribution in [0.2, 0.25) is 0 Å². The first-order valence-electron chi connectivity index (χ1n) is 8.68. The monoisotopic (exact) mass is 380 g/mol. The Morgan fingerprint density at radius 1 is 1.33 bits per heavy atom. The summed E-state index contributed by atoms with van der Waals surface area (Å²) in [4.78, 5) is 17.5. The zero-order valence-electron chi connectivity index (χ0n) is 15.1. The molecule has 138 valence electrons. The number of nitrogens with zero attached hydrogens (tertiary/aromatic N) is 1.